The third-order valence-electron chi connectivity index (χ3n) is 4.25. The van der Waals surface area contributed by atoms with E-state index in [4.69, 9.17) is 5.73 Å². The normalized spacial score (nSPS) is 25.7. The maximum Gasteiger partial charge on any atom is 0.418 e. The third-order valence-corrected chi connectivity index (χ3v) is 4.87. The van der Waals surface area contributed by atoms with Crippen molar-refractivity contribution < 1.29 is 13.2 Å². The van der Waals surface area contributed by atoms with Crippen LogP contribution in [-0.4, -0.2) is 11.8 Å². The fourth-order valence-electron chi connectivity index (χ4n) is 3.28. The van der Waals surface area contributed by atoms with Crippen LogP contribution in [0.1, 0.15) is 24.8 Å². The van der Waals surface area contributed by atoms with E-state index < -0.39 is 11.7 Å². The Morgan fingerprint density at radius 2 is 2.00 bits per heavy atom. The molecule has 2 N–H and O–H groups in total. The number of hydrogen-bond donors (Lipinski definition) is 2. The SMILES string of the molecule is Nc1ccc(N2CCC3C2=CCCC3S)c(C(F)(F)F)c1. The van der Waals surface area contributed by atoms with Crippen LogP contribution in [0.5, 0.6) is 0 Å². The van der Waals surface area contributed by atoms with Gasteiger partial charge in [0.1, 0.15) is 0 Å². The summed E-state index contributed by atoms with van der Waals surface area (Å²) < 4.78 is 39.8. The van der Waals surface area contributed by atoms with Crippen molar-refractivity contribution in [2.45, 2.75) is 30.7 Å². The van der Waals surface area contributed by atoms with Crippen LogP contribution in [0.25, 0.3) is 0 Å². The number of benzene rings is 1. The molecule has 1 heterocycles. The number of alkyl halides is 3. The van der Waals surface area contributed by atoms with Crippen LogP contribution < -0.4 is 10.6 Å². The zero-order valence-corrected chi connectivity index (χ0v) is 12.3. The van der Waals surface area contributed by atoms with Crippen molar-refractivity contribution in [2.24, 2.45) is 5.92 Å². The highest BCUT2D eigenvalue weighted by atomic mass is 32.1. The van der Waals surface area contributed by atoms with Crippen molar-refractivity contribution in [3.05, 3.63) is 35.5 Å². The molecule has 1 aromatic rings. The predicted molar refractivity (Wildman–Crippen MR) is 81.4 cm³/mol. The summed E-state index contributed by atoms with van der Waals surface area (Å²) in [5.41, 5.74) is 6.19. The molecule has 3 rings (SSSR count). The van der Waals surface area contributed by atoms with Crippen LogP contribution in [0.15, 0.2) is 30.0 Å². The number of nitrogens with zero attached hydrogens (tertiary/aromatic N) is 1. The Balaban J connectivity index is 2.04. The first-order valence-electron chi connectivity index (χ1n) is 7.00. The molecule has 1 aliphatic heterocycles. The van der Waals surface area contributed by atoms with E-state index in [0.29, 0.717) is 6.54 Å². The first-order chi connectivity index (χ1) is 9.88. The van der Waals surface area contributed by atoms with Crippen LogP contribution in [0.4, 0.5) is 24.5 Å². The summed E-state index contributed by atoms with van der Waals surface area (Å²) in [5.74, 6) is 0.251. The van der Waals surface area contributed by atoms with E-state index in [1.54, 1.807) is 4.90 Å². The molecule has 2 nitrogen and oxygen atoms in total. The highest BCUT2D eigenvalue weighted by Crippen LogP contribution is 2.45. The molecule has 2 atom stereocenters. The Morgan fingerprint density at radius 1 is 1.24 bits per heavy atom. The second kappa shape index (κ2) is 5.16. The zero-order valence-electron chi connectivity index (χ0n) is 11.4. The van der Waals surface area contributed by atoms with Gasteiger partial charge in [0.15, 0.2) is 0 Å². The number of halogens is 3. The van der Waals surface area contributed by atoms with Crippen molar-refractivity contribution in [1.29, 1.82) is 0 Å². The smallest absolute Gasteiger partial charge is 0.399 e. The lowest BCUT2D eigenvalue weighted by Gasteiger charge is -2.30. The predicted octanol–water partition coefficient (Wildman–Crippen LogP) is 4.09. The second-order valence-corrected chi connectivity index (χ2v) is 6.26. The summed E-state index contributed by atoms with van der Waals surface area (Å²) in [6.07, 6.45) is 0.354. The molecule has 0 amide bonds. The highest BCUT2D eigenvalue weighted by Gasteiger charge is 2.40. The van der Waals surface area contributed by atoms with Crippen LogP contribution in [0, 0.1) is 5.92 Å². The summed E-state index contributed by atoms with van der Waals surface area (Å²) in [7, 11) is 0. The molecule has 114 valence electrons. The van der Waals surface area contributed by atoms with Crippen LogP contribution in [0.3, 0.4) is 0 Å². The largest absolute Gasteiger partial charge is 0.418 e. The number of allylic oxidation sites excluding steroid dienone is 2. The van der Waals surface area contributed by atoms with E-state index in [1.165, 1.54) is 12.1 Å². The van der Waals surface area contributed by atoms with Crippen LogP contribution >= 0.6 is 12.6 Å². The van der Waals surface area contributed by atoms with Crippen molar-refractivity contribution in [3.8, 4) is 0 Å². The molecule has 0 aromatic heterocycles. The minimum Gasteiger partial charge on any atom is -0.399 e. The molecule has 0 radical (unpaired) electrons. The van der Waals surface area contributed by atoms with E-state index in [9.17, 15) is 13.2 Å². The summed E-state index contributed by atoms with van der Waals surface area (Å²) in [4.78, 5) is 1.79. The molecule has 21 heavy (non-hydrogen) atoms. The van der Waals surface area contributed by atoms with Gasteiger partial charge < -0.3 is 10.6 Å². The molecule has 2 aliphatic rings. The Kier molecular flexibility index (Phi) is 3.59. The van der Waals surface area contributed by atoms with Gasteiger partial charge in [-0.15, -0.1) is 0 Å². The van der Waals surface area contributed by atoms with E-state index in [0.717, 1.165) is 31.0 Å². The number of hydrogen-bond acceptors (Lipinski definition) is 3. The van der Waals surface area contributed by atoms with Gasteiger partial charge in [-0.3, -0.25) is 0 Å². The van der Waals surface area contributed by atoms with Crippen LogP contribution in [0.2, 0.25) is 0 Å². The number of nitrogen functional groups attached to an aromatic ring is 1. The molecule has 1 aromatic carbocycles. The Morgan fingerprint density at radius 3 is 2.71 bits per heavy atom. The average Bonchev–Trinajstić information content (AvgIpc) is 2.83. The molecule has 1 aliphatic carbocycles. The van der Waals surface area contributed by atoms with Gasteiger partial charge in [0.05, 0.1) is 11.3 Å². The van der Waals surface area contributed by atoms with E-state index in [-0.39, 0.29) is 22.5 Å². The van der Waals surface area contributed by atoms with Gasteiger partial charge in [0.2, 0.25) is 0 Å². The minimum absolute atomic E-state index is 0.131. The number of fused-ring (bicyclic) bond motifs is 1. The van der Waals surface area contributed by atoms with E-state index in [2.05, 4.69) is 18.7 Å². The minimum atomic E-state index is -4.40. The molecular formula is C15H17F3N2S. The van der Waals surface area contributed by atoms with E-state index >= 15 is 0 Å². The quantitative estimate of drug-likeness (QED) is 0.604. The van der Waals surface area contributed by atoms with Gasteiger partial charge in [0.25, 0.3) is 0 Å². The summed E-state index contributed by atoms with van der Waals surface area (Å²) in [6, 6.07) is 4.02. The number of rotatable bonds is 1. The van der Waals surface area contributed by atoms with Crippen molar-refractivity contribution >= 4 is 24.0 Å². The van der Waals surface area contributed by atoms with Gasteiger partial charge >= 0.3 is 6.18 Å². The summed E-state index contributed by atoms with van der Waals surface area (Å²) >= 11 is 4.58. The maximum atomic E-state index is 13.3. The first kappa shape index (κ1) is 14.6. The second-order valence-electron chi connectivity index (χ2n) is 5.59. The third kappa shape index (κ3) is 2.61. The maximum absolute atomic E-state index is 13.3. The number of anilines is 2. The molecule has 6 heteroatoms. The van der Waals surface area contributed by atoms with Crippen molar-refractivity contribution in [3.63, 3.8) is 0 Å². The molecular weight excluding hydrogens is 297 g/mol. The lowest BCUT2D eigenvalue weighted by atomic mass is 9.91. The number of nitrogens with two attached hydrogens (primary N) is 1. The standard InChI is InChI=1S/C15H17F3N2S/c16-15(17,18)11-8-9(19)4-5-13(11)20-7-6-10-12(20)2-1-3-14(10)21/h2,4-5,8,10,14,21H,1,3,6-7,19H2. The molecule has 1 saturated heterocycles. The van der Waals surface area contributed by atoms with Gasteiger partial charge in [-0.05, 0) is 37.5 Å². The number of thiol groups is 1. The van der Waals surface area contributed by atoms with Crippen molar-refractivity contribution in [1.82, 2.24) is 0 Å². The summed E-state index contributed by atoms with van der Waals surface area (Å²) in [5, 5.41) is 0.234. The molecule has 0 saturated carbocycles. The van der Waals surface area contributed by atoms with Gasteiger partial charge in [-0.2, -0.15) is 25.8 Å². The van der Waals surface area contributed by atoms with E-state index in [1.807, 2.05) is 0 Å². The Labute approximate surface area is 127 Å². The van der Waals surface area contributed by atoms with Crippen molar-refractivity contribution in [2.75, 3.05) is 17.2 Å². The van der Waals surface area contributed by atoms with Gasteiger partial charge in [-0.1, -0.05) is 6.08 Å². The Bertz CT molecular complexity index is 583. The highest BCUT2D eigenvalue weighted by molar-refractivity contribution is 7.81. The molecule has 1 fully saturated rings. The monoisotopic (exact) mass is 314 g/mol. The Hall–Kier alpha value is -1.30. The molecule has 0 spiro atoms. The summed E-state index contributed by atoms with van der Waals surface area (Å²) in [6.45, 7) is 0.598. The fraction of sp³-hybridized carbons (Fsp3) is 0.467. The lowest BCUT2D eigenvalue weighted by molar-refractivity contribution is -0.137. The fourth-order valence-corrected chi connectivity index (χ4v) is 3.73. The molecule has 0 bridgehead atoms. The van der Waals surface area contributed by atoms with Gasteiger partial charge in [0, 0.05) is 29.1 Å². The first-order valence-corrected chi connectivity index (χ1v) is 7.52. The van der Waals surface area contributed by atoms with Crippen LogP contribution in [-0.2, 0) is 6.18 Å². The molecule has 2 unspecified atom stereocenters. The topological polar surface area (TPSA) is 29.3 Å². The average molecular weight is 314 g/mol. The lowest BCUT2D eigenvalue weighted by Crippen LogP contribution is -2.26. The van der Waals surface area contributed by atoms with Gasteiger partial charge in [-0.25, -0.2) is 0 Å². The zero-order chi connectivity index (χ0) is 15.2.